The molecule has 0 bridgehead atoms. The van der Waals surface area contributed by atoms with Gasteiger partial charge in [0.15, 0.2) is 0 Å². The predicted octanol–water partition coefficient (Wildman–Crippen LogP) is 0.369. The van der Waals surface area contributed by atoms with Gasteiger partial charge in [-0.15, -0.1) is 0 Å². The fourth-order valence-electron chi connectivity index (χ4n) is 1.10. The number of amides is 1. The lowest BCUT2D eigenvalue weighted by Crippen LogP contribution is -2.16. The van der Waals surface area contributed by atoms with E-state index in [0.29, 0.717) is 5.56 Å². The summed E-state index contributed by atoms with van der Waals surface area (Å²) in [6.45, 7) is 0. The van der Waals surface area contributed by atoms with Crippen molar-refractivity contribution in [3.05, 3.63) is 36.0 Å². The van der Waals surface area contributed by atoms with Crippen molar-refractivity contribution in [3.63, 3.8) is 0 Å². The minimum Gasteiger partial charge on any atom is -0.507 e. The van der Waals surface area contributed by atoms with Gasteiger partial charge in [0.1, 0.15) is 5.75 Å². The maximum absolute atomic E-state index is 11.1. The zero-order valence-corrected chi connectivity index (χ0v) is 8.23. The molecule has 0 radical (unpaired) electrons. The first-order chi connectivity index (χ1) is 7.16. The molecular formula is C10H12N2O3. The highest BCUT2D eigenvalue weighted by atomic mass is 16.6. The van der Waals surface area contributed by atoms with Crippen molar-refractivity contribution in [2.75, 3.05) is 7.11 Å². The van der Waals surface area contributed by atoms with Gasteiger partial charge >= 0.3 is 0 Å². The molecule has 5 heteroatoms. The fourth-order valence-corrected chi connectivity index (χ4v) is 1.10. The van der Waals surface area contributed by atoms with E-state index in [1.165, 1.54) is 19.4 Å². The number of aromatic hydroxyl groups is 1. The summed E-state index contributed by atoms with van der Waals surface area (Å²) in [6, 6.07) is 6.40. The number of primary amides is 1. The van der Waals surface area contributed by atoms with Crippen molar-refractivity contribution in [1.82, 2.24) is 5.48 Å². The molecule has 0 fully saturated rings. The first-order valence-corrected chi connectivity index (χ1v) is 4.23. The van der Waals surface area contributed by atoms with Crippen LogP contribution in [0.4, 0.5) is 0 Å². The van der Waals surface area contributed by atoms with Crippen LogP contribution in [0.1, 0.15) is 5.56 Å². The molecular weight excluding hydrogens is 196 g/mol. The third kappa shape index (κ3) is 2.72. The molecule has 1 aromatic carbocycles. The molecule has 1 rings (SSSR count). The molecule has 0 spiro atoms. The Kier molecular flexibility index (Phi) is 3.70. The van der Waals surface area contributed by atoms with Crippen LogP contribution in [0.5, 0.6) is 5.75 Å². The third-order valence-electron chi connectivity index (χ3n) is 1.78. The molecule has 0 heterocycles. The Balaban J connectivity index is 3.10. The number of rotatable bonds is 4. The van der Waals surface area contributed by atoms with Gasteiger partial charge in [-0.25, -0.2) is 0 Å². The molecule has 80 valence electrons. The largest absolute Gasteiger partial charge is 0.507 e. The number of carbonyl (C=O) groups is 1. The van der Waals surface area contributed by atoms with Crippen LogP contribution in [0, 0.1) is 0 Å². The molecule has 1 amide bonds. The second-order valence-electron chi connectivity index (χ2n) is 2.76. The highest BCUT2D eigenvalue weighted by Gasteiger charge is 2.11. The summed E-state index contributed by atoms with van der Waals surface area (Å²) in [4.78, 5) is 15.7. The molecule has 0 aliphatic rings. The Morgan fingerprint density at radius 1 is 1.53 bits per heavy atom. The normalized spacial score (nSPS) is 11.1. The minimum atomic E-state index is -0.652. The second-order valence-corrected chi connectivity index (χ2v) is 2.76. The van der Waals surface area contributed by atoms with E-state index in [2.05, 4.69) is 10.3 Å². The number of para-hydroxylation sites is 1. The summed E-state index contributed by atoms with van der Waals surface area (Å²) in [5.41, 5.74) is 8.05. The van der Waals surface area contributed by atoms with Crippen LogP contribution in [-0.2, 0) is 9.63 Å². The summed E-state index contributed by atoms with van der Waals surface area (Å²) < 4.78 is 0. The standard InChI is InChI=1S/C10H12N2O3/c1-15-12-6-8(10(11)14)7-4-2-3-5-9(7)13/h2-6,12-13H,1H3,(H2,11,14). The Morgan fingerprint density at radius 2 is 2.20 bits per heavy atom. The van der Waals surface area contributed by atoms with Gasteiger partial charge in [-0.05, 0) is 6.07 Å². The van der Waals surface area contributed by atoms with E-state index in [1.54, 1.807) is 18.2 Å². The van der Waals surface area contributed by atoms with Gasteiger partial charge in [0.25, 0.3) is 5.91 Å². The first kappa shape index (κ1) is 11.1. The number of nitrogens with one attached hydrogen (secondary N) is 1. The molecule has 4 N–H and O–H groups in total. The van der Waals surface area contributed by atoms with Crippen molar-refractivity contribution in [3.8, 4) is 5.75 Å². The van der Waals surface area contributed by atoms with Crippen molar-refractivity contribution in [1.29, 1.82) is 0 Å². The monoisotopic (exact) mass is 208 g/mol. The summed E-state index contributed by atoms with van der Waals surface area (Å²) in [6.07, 6.45) is 1.29. The average molecular weight is 208 g/mol. The van der Waals surface area contributed by atoms with Gasteiger partial charge < -0.3 is 10.8 Å². The Labute approximate surface area is 87.1 Å². The number of hydrogen-bond donors (Lipinski definition) is 3. The molecule has 0 atom stereocenters. The van der Waals surface area contributed by atoms with Crippen molar-refractivity contribution >= 4 is 11.5 Å². The van der Waals surface area contributed by atoms with E-state index in [1.807, 2.05) is 0 Å². The van der Waals surface area contributed by atoms with E-state index in [9.17, 15) is 9.90 Å². The number of nitrogens with two attached hydrogens (primary N) is 1. The van der Waals surface area contributed by atoms with Crippen LogP contribution >= 0.6 is 0 Å². The van der Waals surface area contributed by atoms with Crippen LogP contribution in [-0.4, -0.2) is 18.1 Å². The smallest absolute Gasteiger partial charge is 0.251 e. The lowest BCUT2D eigenvalue weighted by molar-refractivity contribution is -0.112. The Hall–Kier alpha value is -2.01. The fraction of sp³-hybridized carbons (Fsp3) is 0.100. The quantitative estimate of drug-likeness (QED) is 0.493. The van der Waals surface area contributed by atoms with Crippen LogP contribution in [0.15, 0.2) is 30.5 Å². The minimum absolute atomic E-state index is 0.0135. The summed E-state index contributed by atoms with van der Waals surface area (Å²) >= 11 is 0. The van der Waals surface area contributed by atoms with Crippen LogP contribution < -0.4 is 11.2 Å². The van der Waals surface area contributed by atoms with E-state index in [-0.39, 0.29) is 11.3 Å². The van der Waals surface area contributed by atoms with Crippen LogP contribution in [0.2, 0.25) is 0 Å². The number of benzene rings is 1. The predicted molar refractivity (Wildman–Crippen MR) is 55.4 cm³/mol. The molecule has 0 aliphatic heterocycles. The summed E-state index contributed by atoms with van der Waals surface area (Å²) in [7, 11) is 1.40. The molecule has 15 heavy (non-hydrogen) atoms. The molecule has 0 unspecified atom stereocenters. The van der Waals surface area contributed by atoms with Gasteiger partial charge in [0.05, 0.1) is 12.7 Å². The van der Waals surface area contributed by atoms with E-state index in [0.717, 1.165) is 0 Å². The SMILES string of the molecule is CONC=C(C(N)=O)c1ccccc1O. The highest BCUT2D eigenvalue weighted by molar-refractivity contribution is 6.19. The lowest BCUT2D eigenvalue weighted by atomic mass is 10.1. The third-order valence-corrected chi connectivity index (χ3v) is 1.78. The topological polar surface area (TPSA) is 84.6 Å². The number of carbonyl (C=O) groups excluding carboxylic acids is 1. The Morgan fingerprint density at radius 3 is 2.73 bits per heavy atom. The van der Waals surface area contributed by atoms with Gasteiger partial charge in [0.2, 0.25) is 0 Å². The zero-order chi connectivity index (χ0) is 11.3. The van der Waals surface area contributed by atoms with Crippen molar-refractivity contribution < 1.29 is 14.7 Å². The zero-order valence-electron chi connectivity index (χ0n) is 8.23. The molecule has 0 saturated heterocycles. The maximum atomic E-state index is 11.1. The maximum Gasteiger partial charge on any atom is 0.251 e. The van der Waals surface area contributed by atoms with E-state index in [4.69, 9.17) is 5.73 Å². The summed E-state index contributed by atoms with van der Waals surface area (Å²) in [5.74, 6) is -0.665. The van der Waals surface area contributed by atoms with Crippen LogP contribution in [0.3, 0.4) is 0 Å². The van der Waals surface area contributed by atoms with E-state index >= 15 is 0 Å². The van der Waals surface area contributed by atoms with Crippen LogP contribution in [0.25, 0.3) is 5.57 Å². The van der Waals surface area contributed by atoms with Gasteiger partial charge in [-0.1, -0.05) is 18.2 Å². The molecule has 0 aromatic heterocycles. The average Bonchev–Trinajstić information content (AvgIpc) is 2.20. The number of hydroxylamine groups is 1. The van der Waals surface area contributed by atoms with Gasteiger partial charge in [-0.2, -0.15) is 0 Å². The van der Waals surface area contributed by atoms with Crippen molar-refractivity contribution in [2.24, 2.45) is 5.73 Å². The van der Waals surface area contributed by atoms with E-state index < -0.39 is 5.91 Å². The molecule has 5 nitrogen and oxygen atoms in total. The molecule has 1 aromatic rings. The lowest BCUT2D eigenvalue weighted by Gasteiger charge is -2.06. The Bertz CT molecular complexity index is 388. The molecule has 0 saturated carbocycles. The number of hydrogen-bond acceptors (Lipinski definition) is 4. The summed E-state index contributed by atoms with van der Waals surface area (Å²) in [5, 5.41) is 9.51. The van der Waals surface area contributed by atoms with Gasteiger partial charge in [0, 0.05) is 11.8 Å². The van der Waals surface area contributed by atoms with Gasteiger partial charge in [-0.3, -0.25) is 15.1 Å². The van der Waals surface area contributed by atoms with Crippen molar-refractivity contribution in [2.45, 2.75) is 0 Å². The first-order valence-electron chi connectivity index (χ1n) is 4.23. The highest BCUT2D eigenvalue weighted by Crippen LogP contribution is 2.23. The number of phenolic OH excluding ortho intramolecular Hbond substituents is 1. The second kappa shape index (κ2) is 5.02. The number of phenols is 1. The molecule has 0 aliphatic carbocycles.